The maximum atomic E-state index is 13.0. The smallest absolute Gasteiger partial charge is 0.413 e. The number of carbonyl (C=O) groups is 2. The fourth-order valence-corrected chi connectivity index (χ4v) is 3.33. The summed E-state index contributed by atoms with van der Waals surface area (Å²) in [6, 6.07) is 22.0. The third-order valence-electron chi connectivity index (χ3n) is 5.20. The molecule has 1 aromatic heterocycles. The third kappa shape index (κ3) is 4.77. The lowest BCUT2D eigenvalue weighted by molar-refractivity contribution is 0.102. The number of oxazole rings is 1. The van der Waals surface area contributed by atoms with Gasteiger partial charge in [0.25, 0.3) is 5.91 Å². The predicted octanol–water partition coefficient (Wildman–Crippen LogP) is 5.77. The second-order valence-corrected chi connectivity index (χ2v) is 7.47. The number of aryl methyl sites for hydroxylation is 1. The van der Waals surface area contributed by atoms with Crippen molar-refractivity contribution in [3.63, 3.8) is 0 Å². The molecule has 1 N–H and O–H groups in total. The van der Waals surface area contributed by atoms with Gasteiger partial charge in [-0.2, -0.15) is 0 Å². The van der Waals surface area contributed by atoms with E-state index < -0.39 is 6.09 Å². The first-order valence-electron chi connectivity index (χ1n) is 10.3. The average molecular weight is 441 g/mol. The first-order chi connectivity index (χ1) is 16.0. The fourth-order valence-electron chi connectivity index (χ4n) is 3.33. The van der Waals surface area contributed by atoms with Crippen LogP contribution in [0.5, 0.6) is 0 Å². The molecule has 0 saturated carbocycles. The second-order valence-electron chi connectivity index (χ2n) is 7.47. The van der Waals surface area contributed by atoms with Crippen molar-refractivity contribution in [3.8, 4) is 22.8 Å². The average Bonchev–Trinajstić information content (AvgIpc) is 3.34. The Balaban J connectivity index is 1.55. The van der Waals surface area contributed by atoms with Crippen molar-refractivity contribution in [2.24, 2.45) is 0 Å². The van der Waals surface area contributed by atoms with Crippen molar-refractivity contribution in [1.82, 2.24) is 4.98 Å². The number of hydrogen-bond donors (Lipinski definition) is 1. The Morgan fingerprint density at radius 2 is 1.67 bits per heavy atom. The first-order valence-corrected chi connectivity index (χ1v) is 10.3. The number of nitrogens with zero attached hydrogens (tertiary/aromatic N) is 2. The summed E-state index contributed by atoms with van der Waals surface area (Å²) in [5.74, 6) is 0.701. The normalized spacial score (nSPS) is 10.5. The molecule has 0 bridgehead atoms. The summed E-state index contributed by atoms with van der Waals surface area (Å²) in [5.41, 5.74) is 4.33. The maximum absolute atomic E-state index is 13.0. The second kappa shape index (κ2) is 9.40. The highest BCUT2D eigenvalue weighted by atomic mass is 16.5. The van der Waals surface area contributed by atoms with E-state index in [0.29, 0.717) is 34.2 Å². The van der Waals surface area contributed by atoms with E-state index in [1.807, 2.05) is 37.3 Å². The zero-order valence-electron chi connectivity index (χ0n) is 18.5. The van der Waals surface area contributed by atoms with Gasteiger partial charge in [0.1, 0.15) is 0 Å². The molecule has 1 heterocycles. The lowest BCUT2D eigenvalue weighted by Gasteiger charge is -2.16. The minimum atomic E-state index is -0.475. The molecule has 33 heavy (non-hydrogen) atoms. The molecule has 7 heteroatoms. The van der Waals surface area contributed by atoms with Gasteiger partial charge >= 0.3 is 6.09 Å². The van der Waals surface area contributed by atoms with Crippen molar-refractivity contribution in [1.29, 1.82) is 0 Å². The highest BCUT2D eigenvalue weighted by Gasteiger charge is 2.17. The molecular weight excluding hydrogens is 418 g/mol. The van der Waals surface area contributed by atoms with E-state index in [9.17, 15) is 9.59 Å². The molecule has 4 aromatic rings. The zero-order valence-corrected chi connectivity index (χ0v) is 18.5. The molecule has 0 atom stereocenters. The molecule has 2 amide bonds. The Bertz CT molecular complexity index is 1280. The van der Waals surface area contributed by atoms with Gasteiger partial charge in [0.05, 0.1) is 18.9 Å². The number of aromatic nitrogens is 1. The SMILES string of the molecule is COC(=O)N(C)c1ccc(NC(=O)c2ccccc2-c2ncc(-c3ccc(C)cc3)o2)cc1. The largest absolute Gasteiger partial charge is 0.452 e. The molecule has 4 rings (SSSR count). The van der Waals surface area contributed by atoms with Crippen LogP contribution in [0.15, 0.2) is 83.4 Å². The van der Waals surface area contributed by atoms with Gasteiger partial charge in [-0.3, -0.25) is 9.69 Å². The van der Waals surface area contributed by atoms with Crippen LogP contribution in [0.2, 0.25) is 0 Å². The standard InChI is InChI=1S/C26H23N3O4/c1-17-8-10-18(11-9-17)23-16-27-25(33-23)22-7-5-4-6-21(22)24(30)28-19-12-14-20(15-13-19)29(2)26(31)32-3/h4-16H,1-3H3,(H,28,30). The number of carbonyl (C=O) groups excluding carboxylic acids is 2. The van der Waals surface area contributed by atoms with Gasteiger partial charge in [-0.15, -0.1) is 0 Å². The van der Waals surface area contributed by atoms with Crippen LogP contribution in [-0.2, 0) is 4.74 Å². The van der Waals surface area contributed by atoms with Crippen LogP contribution in [0.1, 0.15) is 15.9 Å². The zero-order chi connectivity index (χ0) is 23.4. The van der Waals surface area contributed by atoms with E-state index in [4.69, 9.17) is 9.15 Å². The molecule has 0 fully saturated rings. The van der Waals surface area contributed by atoms with Crippen LogP contribution in [-0.4, -0.2) is 31.1 Å². The van der Waals surface area contributed by atoms with Crippen LogP contribution in [0, 0.1) is 6.92 Å². The molecular formula is C26H23N3O4. The summed E-state index contributed by atoms with van der Waals surface area (Å²) in [7, 11) is 2.93. The van der Waals surface area contributed by atoms with E-state index >= 15 is 0 Å². The first kappa shape index (κ1) is 21.8. The Hall–Kier alpha value is -4.39. The molecule has 166 valence electrons. The molecule has 0 spiro atoms. The van der Waals surface area contributed by atoms with Crippen LogP contribution in [0.4, 0.5) is 16.2 Å². The van der Waals surface area contributed by atoms with E-state index in [-0.39, 0.29) is 5.91 Å². The lowest BCUT2D eigenvalue weighted by Crippen LogP contribution is -2.25. The molecule has 0 aliphatic rings. The monoisotopic (exact) mass is 441 g/mol. The van der Waals surface area contributed by atoms with Gasteiger partial charge in [0.2, 0.25) is 5.89 Å². The lowest BCUT2D eigenvalue weighted by atomic mass is 10.1. The number of nitrogens with one attached hydrogen (secondary N) is 1. The van der Waals surface area contributed by atoms with Crippen molar-refractivity contribution in [2.45, 2.75) is 6.92 Å². The van der Waals surface area contributed by atoms with Gasteiger partial charge in [0, 0.05) is 29.5 Å². The molecule has 0 radical (unpaired) electrons. The number of ether oxygens (including phenoxy) is 1. The minimum absolute atomic E-state index is 0.297. The predicted molar refractivity (Wildman–Crippen MR) is 127 cm³/mol. The highest BCUT2D eigenvalue weighted by molar-refractivity contribution is 6.08. The number of amides is 2. The molecule has 0 unspecified atom stereocenters. The third-order valence-corrected chi connectivity index (χ3v) is 5.20. The molecule has 0 aliphatic carbocycles. The van der Waals surface area contributed by atoms with E-state index in [1.165, 1.54) is 12.0 Å². The summed E-state index contributed by atoms with van der Waals surface area (Å²) in [4.78, 5) is 30.5. The summed E-state index contributed by atoms with van der Waals surface area (Å²) < 4.78 is 10.7. The number of hydrogen-bond acceptors (Lipinski definition) is 5. The van der Waals surface area contributed by atoms with Crippen LogP contribution < -0.4 is 10.2 Å². The summed E-state index contributed by atoms with van der Waals surface area (Å²) in [6.45, 7) is 2.02. The van der Waals surface area contributed by atoms with Gasteiger partial charge in [-0.05, 0) is 43.3 Å². The van der Waals surface area contributed by atoms with E-state index in [0.717, 1.165) is 11.1 Å². The van der Waals surface area contributed by atoms with Crippen molar-refractivity contribution >= 4 is 23.4 Å². The summed E-state index contributed by atoms with van der Waals surface area (Å²) in [6.07, 6.45) is 1.18. The van der Waals surface area contributed by atoms with Crippen molar-refractivity contribution in [3.05, 3.63) is 90.1 Å². The van der Waals surface area contributed by atoms with Crippen LogP contribution in [0.3, 0.4) is 0 Å². The minimum Gasteiger partial charge on any atom is -0.452 e. The summed E-state index contributed by atoms with van der Waals surface area (Å²) >= 11 is 0. The Labute approximate surface area is 191 Å². The Morgan fingerprint density at radius 3 is 2.36 bits per heavy atom. The number of anilines is 2. The van der Waals surface area contributed by atoms with Gasteiger partial charge in [-0.1, -0.05) is 42.0 Å². The van der Waals surface area contributed by atoms with Crippen molar-refractivity contribution in [2.75, 3.05) is 24.4 Å². The molecule has 7 nitrogen and oxygen atoms in total. The van der Waals surface area contributed by atoms with E-state index in [1.54, 1.807) is 55.7 Å². The number of methoxy groups -OCH3 is 1. The summed E-state index contributed by atoms with van der Waals surface area (Å²) in [5, 5.41) is 2.88. The van der Waals surface area contributed by atoms with Crippen molar-refractivity contribution < 1.29 is 18.7 Å². The quantitative estimate of drug-likeness (QED) is 0.425. The molecule has 3 aromatic carbocycles. The fraction of sp³-hybridized carbons (Fsp3) is 0.115. The maximum Gasteiger partial charge on any atom is 0.413 e. The topological polar surface area (TPSA) is 84.7 Å². The highest BCUT2D eigenvalue weighted by Crippen LogP contribution is 2.29. The molecule has 0 aliphatic heterocycles. The number of benzene rings is 3. The van der Waals surface area contributed by atoms with Gasteiger partial charge in [0.15, 0.2) is 5.76 Å². The van der Waals surface area contributed by atoms with E-state index in [2.05, 4.69) is 10.3 Å². The van der Waals surface area contributed by atoms with Gasteiger partial charge < -0.3 is 14.5 Å². The Kier molecular flexibility index (Phi) is 6.22. The van der Waals surface area contributed by atoms with Crippen LogP contribution >= 0.6 is 0 Å². The van der Waals surface area contributed by atoms with Gasteiger partial charge in [-0.25, -0.2) is 9.78 Å². The molecule has 0 saturated heterocycles. The number of rotatable bonds is 5. The van der Waals surface area contributed by atoms with Crippen LogP contribution in [0.25, 0.3) is 22.8 Å². The Morgan fingerprint density at radius 1 is 0.970 bits per heavy atom.